The number of anilines is 1. The number of nitrogens with one attached hydrogen (secondary N) is 1. The molecule has 0 radical (unpaired) electrons. The summed E-state index contributed by atoms with van der Waals surface area (Å²) in [6, 6.07) is 10.3. The van der Waals surface area contributed by atoms with Crippen molar-refractivity contribution in [2.24, 2.45) is 5.92 Å². The van der Waals surface area contributed by atoms with Crippen LogP contribution in [0.4, 0.5) is 5.82 Å². The molecule has 1 aliphatic heterocycles. The summed E-state index contributed by atoms with van der Waals surface area (Å²) in [5, 5.41) is 4.46. The summed E-state index contributed by atoms with van der Waals surface area (Å²) >= 11 is 1.67. The number of hydrogen-bond donors (Lipinski definition) is 1. The Balaban J connectivity index is 1.35. The molecular formula is C24H28N4O3S. The Bertz CT molecular complexity index is 1090. The Hall–Kier alpha value is -3.00. The van der Waals surface area contributed by atoms with Gasteiger partial charge < -0.3 is 15.0 Å². The number of benzene rings is 1. The highest BCUT2D eigenvalue weighted by Gasteiger charge is 2.27. The van der Waals surface area contributed by atoms with E-state index in [4.69, 9.17) is 4.74 Å². The molecule has 0 saturated carbocycles. The number of rotatable bonds is 7. The van der Waals surface area contributed by atoms with Gasteiger partial charge in [0.05, 0.1) is 18.4 Å². The molecule has 1 N–H and O–H groups in total. The SMILES string of the molecule is COC(=O)C1CCN(C(=O)CCCNc2ncnc3sc(C)c(-c4ccccc4)c23)CC1. The van der Waals surface area contributed by atoms with Crippen LogP contribution in [0.3, 0.4) is 0 Å². The molecule has 7 nitrogen and oxygen atoms in total. The van der Waals surface area contributed by atoms with E-state index in [0.717, 1.165) is 21.6 Å². The summed E-state index contributed by atoms with van der Waals surface area (Å²) in [6.07, 6.45) is 4.13. The van der Waals surface area contributed by atoms with Crippen molar-refractivity contribution in [3.05, 3.63) is 41.5 Å². The molecule has 3 aromatic rings. The minimum atomic E-state index is -0.170. The first-order chi connectivity index (χ1) is 15.6. The van der Waals surface area contributed by atoms with E-state index in [0.29, 0.717) is 45.3 Å². The largest absolute Gasteiger partial charge is 0.469 e. The molecule has 2 aromatic heterocycles. The maximum absolute atomic E-state index is 12.6. The summed E-state index contributed by atoms with van der Waals surface area (Å²) in [5.74, 6) is 0.693. The van der Waals surface area contributed by atoms with E-state index < -0.39 is 0 Å². The van der Waals surface area contributed by atoms with Gasteiger partial charge in [0.2, 0.25) is 5.91 Å². The van der Waals surface area contributed by atoms with Gasteiger partial charge in [-0.15, -0.1) is 11.3 Å². The highest BCUT2D eigenvalue weighted by Crippen LogP contribution is 2.40. The molecular weight excluding hydrogens is 424 g/mol. The number of methoxy groups -OCH3 is 1. The topological polar surface area (TPSA) is 84.4 Å². The predicted molar refractivity (Wildman–Crippen MR) is 127 cm³/mol. The summed E-state index contributed by atoms with van der Waals surface area (Å²) in [6.45, 7) is 4.00. The van der Waals surface area contributed by atoms with Crippen LogP contribution in [-0.4, -0.2) is 53.5 Å². The molecule has 1 aromatic carbocycles. The van der Waals surface area contributed by atoms with Crippen molar-refractivity contribution in [1.29, 1.82) is 0 Å². The quantitative estimate of drug-likeness (QED) is 0.426. The van der Waals surface area contributed by atoms with Crippen LogP contribution in [0.2, 0.25) is 0 Å². The van der Waals surface area contributed by atoms with Crippen LogP contribution in [0.25, 0.3) is 21.3 Å². The fourth-order valence-corrected chi connectivity index (χ4v) is 5.28. The number of ether oxygens (including phenoxy) is 1. The van der Waals surface area contributed by atoms with E-state index in [-0.39, 0.29) is 17.8 Å². The molecule has 1 amide bonds. The standard InChI is InChI=1S/C24H28N4O3S/c1-16-20(17-7-4-3-5-8-17)21-22(26-15-27-23(21)32-16)25-12-6-9-19(29)28-13-10-18(11-14-28)24(30)31-2/h3-5,7-8,15,18H,6,9-14H2,1-2H3,(H,25,26,27). The zero-order valence-electron chi connectivity index (χ0n) is 18.5. The molecule has 168 valence electrons. The zero-order valence-corrected chi connectivity index (χ0v) is 19.3. The molecule has 1 fully saturated rings. The van der Waals surface area contributed by atoms with Gasteiger partial charge in [-0.25, -0.2) is 9.97 Å². The van der Waals surface area contributed by atoms with Crippen molar-refractivity contribution in [2.45, 2.75) is 32.6 Å². The lowest BCUT2D eigenvalue weighted by molar-refractivity contribution is -0.148. The van der Waals surface area contributed by atoms with Crippen LogP contribution >= 0.6 is 11.3 Å². The number of thiophene rings is 1. The number of aryl methyl sites for hydroxylation is 1. The number of amides is 1. The number of likely N-dealkylation sites (tertiary alicyclic amines) is 1. The van der Waals surface area contributed by atoms with Crippen LogP contribution in [0.1, 0.15) is 30.6 Å². The zero-order chi connectivity index (χ0) is 22.5. The first-order valence-corrected chi connectivity index (χ1v) is 11.8. The number of hydrogen-bond acceptors (Lipinski definition) is 7. The summed E-state index contributed by atoms with van der Waals surface area (Å²) in [4.78, 5) is 37.2. The average molecular weight is 453 g/mol. The van der Waals surface area contributed by atoms with Gasteiger partial charge in [-0.2, -0.15) is 0 Å². The number of piperidine rings is 1. The molecule has 0 aliphatic carbocycles. The molecule has 8 heteroatoms. The van der Waals surface area contributed by atoms with Crippen molar-refractivity contribution >= 4 is 39.2 Å². The maximum Gasteiger partial charge on any atom is 0.308 e. The molecule has 1 aliphatic rings. The number of carbonyl (C=O) groups excluding carboxylic acids is 2. The minimum absolute atomic E-state index is 0.0845. The maximum atomic E-state index is 12.6. The van der Waals surface area contributed by atoms with Crippen molar-refractivity contribution in [3.63, 3.8) is 0 Å². The minimum Gasteiger partial charge on any atom is -0.469 e. The van der Waals surface area contributed by atoms with Gasteiger partial charge in [0.25, 0.3) is 0 Å². The summed E-state index contributed by atoms with van der Waals surface area (Å²) in [7, 11) is 1.42. The van der Waals surface area contributed by atoms with E-state index in [2.05, 4.69) is 34.3 Å². The number of aromatic nitrogens is 2. The fourth-order valence-electron chi connectivity index (χ4n) is 4.27. The first-order valence-electron chi connectivity index (χ1n) is 11.0. The molecule has 4 rings (SSSR count). The van der Waals surface area contributed by atoms with Crippen molar-refractivity contribution in [2.75, 3.05) is 32.1 Å². The second kappa shape index (κ2) is 10.1. The van der Waals surface area contributed by atoms with Gasteiger partial charge in [0.15, 0.2) is 0 Å². The Morgan fingerprint density at radius 2 is 1.94 bits per heavy atom. The van der Waals surface area contributed by atoms with Gasteiger partial charge in [-0.1, -0.05) is 30.3 Å². The van der Waals surface area contributed by atoms with Crippen molar-refractivity contribution < 1.29 is 14.3 Å². The van der Waals surface area contributed by atoms with E-state index in [1.165, 1.54) is 17.6 Å². The fraction of sp³-hybridized carbons (Fsp3) is 0.417. The Kier molecular flexibility index (Phi) is 6.99. The predicted octanol–water partition coefficient (Wildman–Crippen LogP) is 4.27. The van der Waals surface area contributed by atoms with Crippen LogP contribution < -0.4 is 5.32 Å². The summed E-state index contributed by atoms with van der Waals surface area (Å²) in [5.41, 5.74) is 2.32. The third-order valence-corrected chi connectivity index (χ3v) is 6.98. The molecule has 1 saturated heterocycles. The highest BCUT2D eigenvalue weighted by atomic mass is 32.1. The lowest BCUT2D eigenvalue weighted by atomic mass is 9.97. The second-order valence-corrected chi connectivity index (χ2v) is 9.21. The van der Waals surface area contributed by atoms with E-state index in [1.807, 2.05) is 23.1 Å². The summed E-state index contributed by atoms with van der Waals surface area (Å²) < 4.78 is 4.82. The van der Waals surface area contributed by atoms with Crippen LogP contribution in [0.15, 0.2) is 36.7 Å². The van der Waals surface area contributed by atoms with E-state index >= 15 is 0 Å². The number of nitrogens with zero attached hydrogens (tertiary/aromatic N) is 3. The third-order valence-electron chi connectivity index (χ3n) is 5.97. The molecule has 0 bridgehead atoms. The lowest BCUT2D eigenvalue weighted by Gasteiger charge is -2.30. The van der Waals surface area contributed by atoms with Crippen LogP contribution in [-0.2, 0) is 14.3 Å². The molecule has 0 unspecified atom stereocenters. The Labute approximate surface area is 191 Å². The molecule has 3 heterocycles. The van der Waals surface area contributed by atoms with Gasteiger partial charge >= 0.3 is 5.97 Å². The van der Waals surface area contributed by atoms with Gasteiger partial charge in [0.1, 0.15) is 17.0 Å². The van der Waals surface area contributed by atoms with Crippen LogP contribution in [0.5, 0.6) is 0 Å². The van der Waals surface area contributed by atoms with Crippen molar-refractivity contribution in [3.8, 4) is 11.1 Å². The Morgan fingerprint density at radius 1 is 1.19 bits per heavy atom. The number of fused-ring (bicyclic) bond motifs is 1. The molecule has 0 atom stereocenters. The normalized spacial score (nSPS) is 14.5. The second-order valence-electron chi connectivity index (χ2n) is 8.01. The number of carbonyl (C=O) groups is 2. The van der Waals surface area contributed by atoms with E-state index in [9.17, 15) is 9.59 Å². The lowest BCUT2D eigenvalue weighted by Crippen LogP contribution is -2.40. The van der Waals surface area contributed by atoms with Crippen LogP contribution in [0, 0.1) is 12.8 Å². The van der Waals surface area contributed by atoms with E-state index in [1.54, 1.807) is 17.7 Å². The smallest absolute Gasteiger partial charge is 0.308 e. The third kappa shape index (κ3) is 4.75. The van der Waals surface area contributed by atoms with Crippen molar-refractivity contribution in [1.82, 2.24) is 14.9 Å². The van der Waals surface area contributed by atoms with Gasteiger partial charge in [-0.3, -0.25) is 9.59 Å². The molecule has 0 spiro atoms. The van der Waals surface area contributed by atoms with Gasteiger partial charge in [-0.05, 0) is 31.7 Å². The monoisotopic (exact) mass is 452 g/mol. The van der Waals surface area contributed by atoms with Gasteiger partial charge in [0, 0.05) is 36.5 Å². The highest BCUT2D eigenvalue weighted by molar-refractivity contribution is 7.19. The first kappa shape index (κ1) is 22.2. The number of esters is 1. The molecule has 32 heavy (non-hydrogen) atoms. The Morgan fingerprint density at radius 3 is 2.66 bits per heavy atom. The average Bonchev–Trinajstić information content (AvgIpc) is 3.18.